The van der Waals surface area contributed by atoms with Gasteiger partial charge in [-0.25, -0.2) is 0 Å². The zero-order chi connectivity index (χ0) is 33.7. The molecule has 8 rings (SSSR count). The molecule has 0 aliphatic rings. The molecule has 0 N–H and O–H groups in total. The summed E-state index contributed by atoms with van der Waals surface area (Å²) in [5, 5.41) is 17.0. The summed E-state index contributed by atoms with van der Waals surface area (Å²) in [6.07, 6.45) is 0. The Morgan fingerprint density at radius 2 is 0.939 bits per heavy atom. The van der Waals surface area contributed by atoms with Crippen LogP contribution in [0.25, 0.3) is 32.3 Å². The van der Waals surface area contributed by atoms with E-state index in [1.165, 1.54) is 43.4 Å². The normalized spacial score (nSPS) is 11.7. The maximum atomic E-state index is 9.64. The summed E-state index contributed by atoms with van der Waals surface area (Å²) >= 11 is 0. The lowest BCUT2D eigenvalue weighted by Crippen LogP contribution is -2.14. The van der Waals surface area contributed by atoms with Crippen LogP contribution in [0.15, 0.2) is 152 Å². The van der Waals surface area contributed by atoms with Crippen LogP contribution in [-0.4, -0.2) is 0 Å². The molecule has 8 aromatic carbocycles. The van der Waals surface area contributed by atoms with E-state index in [-0.39, 0.29) is 5.41 Å². The molecule has 0 saturated heterocycles. The summed E-state index contributed by atoms with van der Waals surface area (Å²) in [4.78, 5) is 4.72. The van der Waals surface area contributed by atoms with Crippen molar-refractivity contribution in [1.82, 2.24) is 0 Å². The van der Waals surface area contributed by atoms with Gasteiger partial charge in [0.1, 0.15) is 0 Å². The van der Waals surface area contributed by atoms with Gasteiger partial charge in [0.05, 0.1) is 23.0 Å². The molecule has 0 spiro atoms. The van der Waals surface area contributed by atoms with E-state index in [9.17, 15) is 5.26 Å². The third-order valence-corrected chi connectivity index (χ3v) is 9.60. The van der Waals surface area contributed by atoms with Gasteiger partial charge in [-0.2, -0.15) is 5.26 Å². The Morgan fingerprint density at radius 3 is 1.39 bits per heavy atom. The molecule has 0 unspecified atom stereocenters. The lowest BCUT2D eigenvalue weighted by atomic mass is 9.83. The van der Waals surface area contributed by atoms with Gasteiger partial charge in [0.15, 0.2) is 0 Å². The number of anilines is 6. The first-order chi connectivity index (χ1) is 23.8. The van der Waals surface area contributed by atoms with Crippen LogP contribution in [-0.2, 0) is 5.41 Å². The van der Waals surface area contributed by atoms with Gasteiger partial charge >= 0.3 is 0 Å². The average molecular weight is 632 g/mol. The SMILES string of the molecule is Cc1ccc(N(c2ccc(C#N)cc2)c2cc(N(c3ccccc3)c3ccccc3)c3ccc4cc(C(C)(C)C)cc5ccc2c3c45)cc1. The van der Waals surface area contributed by atoms with E-state index in [2.05, 4.69) is 183 Å². The number of aryl methyl sites for hydroxylation is 1. The number of hydrogen-bond donors (Lipinski definition) is 0. The number of para-hydroxylation sites is 2. The summed E-state index contributed by atoms with van der Waals surface area (Å²) < 4.78 is 0. The third kappa shape index (κ3) is 5.32. The van der Waals surface area contributed by atoms with E-state index in [1.54, 1.807) is 0 Å². The van der Waals surface area contributed by atoms with Crippen molar-refractivity contribution in [1.29, 1.82) is 5.26 Å². The fourth-order valence-electron chi connectivity index (χ4n) is 7.07. The molecule has 0 radical (unpaired) electrons. The molecule has 0 aliphatic heterocycles. The van der Waals surface area contributed by atoms with Gasteiger partial charge in [-0.05, 0) is 101 Å². The van der Waals surface area contributed by atoms with Crippen molar-refractivity contribution in [2.75, 3.05) is 9.80 Å². The summed E-state index contributed by atoms with van der Waals surface area (Å²) in [6.45, 7) is 8.97. The largest absolute Gasteiger partial charge is 0.310 e. The van der Waals surface area contributed by atoms with Crippen molar-refractivity contribution in [2.45, 2.75) is 33.1 Å². The fraction of sp³-hybridized carbons (Fsp3) is 0.109. The van der Waals surface area contributed by atoms with Crippen molar-refractivity contribution in [3.63, 3.8) is 0 Å². The van der Waals surface area contributed by atoms with Gasteiger partial charge in [-0.1, -0.05) is 111 Å². The molecule has 0 fully saturated rings. The second-order valence-corrected chi connectivity index (χ2v) is 13.9. The first-order valence-electron chi connectivity index (χ1n) is 16.8. The van der Waals surface area contributed by atoms with E-state index in [0.717, 1.165) is 34.1 Å². The molecule has 3 nitrogen and oxygen atoms in total. The Labute approximate surface area is 288 Å². The number of rotatable bonds is 6. The molecular weight excluding hydrogens is 595 g/mol. The smallest absolute Gasteiger partial charge is 0.0991 e. The minimum absolute atomic E-state index is 0.0238. The molecular formula is C46H37N3. The highest BCUT2D eigenvalue weighted by molar-refractivity contribution is 6.29. The molecule has 0 heterocycles. The Balaban J connectivity index is 1.53. The van der Waals surface area contributed by atoms with Crippen molar-refractivity contribution in [3.05, 3.63) is 168 Å². The number of benzene rings is 8. The predicted octanol–water partition coefficient (Wildman–Crippen LogP) is 13.0. The highest BCUT2D eigenvalue weighted by Crippen LogP contribution is 2.50. The van der Waals surface area contributed by atoms with Crippen LogP contribution in [0.1, 0.15) is 37.5 Å². The second-order valence-electron chi connectivity index (χ2n) is 13.9. The fourth-order valence-corrected chi connectivity index (χ4v) is 7.07. The predicted molar refractivity (Wildman–Crippen MR) is 208 cm³/mol. The molecule has 8 aromatic rings. The van der Waals surface area contributed by atoms with Crippen molar-refractivity contribution in [3.8, 4) is 6.07 Å². The molecule has 3 heteroatoms. The van der Waals surface area contributed by atoms with Crippen LogP contribution >= 0.6 is 0 Å². The highest BCUT2D eigenvalue weighted by atomic mass is 15.2. The van der Waals surface area contributed by atoms with E-state index in [0.29, 0.717) is 5.56 Å². The van der Waals surface area contributed by atoms with Crippen LogP contribution < -0.4 is 9.80 Å². The second kappa shape index (κ2) is 11.8. The highest BCUT2D eigenvalue weighted by Gasteiger charge is 2.25. The number of hydrogen-bond acceptors (Lipinski definition) is 3. The Bertz CT molecular complexity index is 2410. The molecule has 0 saturated carbocycles. The number of nitrogens with zero attached hydrogens (tertiary/aromatic N) is 3. The van der Waals surface area contributed by atoms with E-state index in [4.69, 9.17) is 0 Å². The molecule has 0 amide bonds. The van der Waals surface area contributed by atoms with Gasteiger partial charge in [0, 0.05) is 38.9 Å². The molecule has 0 aliphatic carbocycles. The molecule has 0 bridgehead atoms. The maximum Gasteiger partial charge on any atom is 0.0991 e. The van der Waals surface area contributed by atoms with Gasteiger partial charge in [0.25, 0.3) is 0 Å². The molecule has 0 aromatic heterocycles. The quantitative estimate of drug-likeness (QED) is 0.171. The third-order valence-electron chi connectivity index (χ3n) is 9.60. The van der Waals surface area contributed by atoms with Gasteiger partial charge in [0.2, 0.25) is 0 Å². The summed E-state index contributed by atoms with van der Waals surface area (Å²) in [7, 11) is 0. The van der Waals surface area contributed by atoms with Crippen LogP contribution in [0.2, 0.25) is 0 Å². The van der Waals surface area contributed by atoms with Gasteiger partial charge in [-0.15, -0.1) is 0 Å². The van der Waals surface area contributed by atoms with Gasteiger partial charge < -0.3 is 9.80 Å². The number of nitriles is 1. The topological polar surface area (TPSA) is 30.3 Å². The monoisotopic (exact) mass is 631 g/mol. The molecule has 49 heavy (non-hydrogen) atoms. The molecule has 0 atom stereocenters. The van der Waals surface area contributed by atoms with E-state index >= 15 is 0 Å². The summed E-state index contributed by atoms with van der Waals surface area (Å²) in [5.41, 5.74) is 9.58. The minimum atomic E-state index is 0.0238. The van der Waals surface area contributed by atoms with E-state index < -0.39 is 0 Å². The van der Waals surface area contributed by atoms with Crippen molar-refractivity contribution < 1.29 is 0 Å². The van der Waals surface area contributed by atoms with Crippen LogP contribution in [0, 0.1) is 18.3 Å². The minimum Gasteiger partial charge on any atom is -0.310 e. The zero-order valence-corrected chi connectivity index (χ0v) is 28.3. The van der Waals surface area contributed by atoms with Crippen LogP contribution in [0.4, 0.5) is 34.1 Å². The summed E-state index contributed by atoms with van der Waals surface area (Å²) in [6, 6.07) is 56.5. The van der Waals surface area contributed by atoms with Gasteiger partial charge in [-0.3, -0.25) is 0 Å². The lowest BCUT2D eigenvalue weighted by molar-refractivity contribution is 0.591. The first kappa shape index (κ1) is 30.2. The average Bonchev–Trinajstić information content (AvgIpc) is 3.13. The van der Waals surface area contributed by atoms with Crippen molar-refractivity contribution >= 4 is 66.4 Å². The van der Waals surface area contributed by atoms with Crippen LogP contribution in [0.3, 0.4) is 0 Å². The maximum absolute atomic E-state index is 9.64. The Kier molecular flexibility index (Phi) is 7.31. The van der Waals surface area contributed by atoms with Crippen LogP contribution in [0.5, 0.6) is 0 Å². The Hall–Kier alpha value is -6.11. The Morgan fingerprint density at radius 1 is 0.490 bits per heavy atom. The lowest BCUT2D eigenvalue weighted by Gasteiger charge is -2.32. The van der Waals surface area contributed by atoms with Crippen molar-refractivity contribution in [2.24, 2.45) is 0 Å². The molecule has 236 valence electrons. The zero-order valence-electron chi connectivity index (χ0n) is 28.3. The standard InChI is InChI=1S/C46H37N3/c1-31-15-21-38(22-16-31)49(39-23-17-32(30-47)18-24-39)43-29-42(48(36-11-7-5-8-12-36)37-13-9-6-10-14-37)40-25-19-33-27-35(46(2,3)4)28-34-20-26-41(43)45(40)44(33)34/h5-29H,1-4H3. The van der Waals surface area contributed by atoms with E-state index in [1.807, 2.05) is 12.1 Å². The summed E-state index contributed by atoms with van der Waals surface area (Å²) in [5.74, 6) is 0. The first-order valence-corrected chi connectivity index (χ1v) is 16.8.